The molecule has 0 bridgehead atoms. The van der Waals surface area contributed by atoms with Crippen LogP contribution in [-0.2, 0) is 22.6 Å². The highest BCUT2D eigenvalue weighted by atomic mass is 35.5. The van der Waals surface area contributed by atoms with Crippen molar-refractivity contribution in [2.45, 2.75) is 46.4 Å². The number of fused-ring (bicyclic) bond motifs is 1. The number of hydrogen-bond acceptors (Lipinski definition) is 5. The molecule has 0 amide bonds. The number of pyridine rings is 1. The second kappa shape index (κ2) is 7.86. The number of nitrogens with two attached hydrogens (primary N) is 1. The summed E-state index contributed by atoms with van der Waals surface area (Å²) in [5.74, 6) is -0.566. The highest BCUT2D eigenvalue weighted by Gasteiger charge is 2.24. The molecule has 0 saturated heterocycles. The van der Waals surface area contributed by atoms with Crippen molar-refractivity contribution in [1.82, 2.24) is 9.55 Å². The summed E-state index contributed by atoms with van der Waals surface area (Å²) in [5.41, 5.74) is 8.73. The van der Waals surface area contributed by atoms with E-state index >= 15 is 0 Å². The van der Waals surface area contributed by atoms with E-state index in [4.69, 9.17) is 33.7 Å². The highest BCUT2D eigenvalue weighted by molar-refractivity contribution is 6.36. The minimum absolute atomic E-state index is 0.103. The average Bonchev–Trinajstić information content (AvgIpc) is 2.87. The quantitative estimate of drug-likeness (QED) is 0.572. The molecule has 154 valence electrons. The minimum atomic E-state index is -0.622. The summed E-state index contributed by atoms with van der Waals surface area (Å²) in [6.07, 6.45) is 1.62. The molecule has 3 rings (SSSR count). The molecule has 0 unspecified atom stereocenters. The van der Waals surface area contributed by atoms with Gasteiger partial charge < -0.3 is 20.1 Å². The van der Waals surface area contributed by atoms with Crippen LogP contribution < -0.4 is 5.73 Å². The zero-order valence-corrected chi connectivity index (χ0v) is 18.2. The molecular weight excluding hydrogens is 413 g/mol. The number of carbonyl (C=O) groups excluding carboxylic acids is 1. The number of carbonyl (C=O) groups is 1. The Morgan fingerprint density at radius 1 is 1.31 bits per heavy atom. The Morgan fingerprint density at radius 2 is 2.00 bits per heavy atom. The molecule has 6 nitrogen and oxygen atoms in total. The molecule has 0 fully saturated rings. The van der Waals surface area contributed by atoms with E-state index in [0.29, 0.717) is 32.1 Å². The smallest absolute Gasteiger partial charge is 0.326 e. The number of nitrogens with zero attached hydrogens (tertiary/aromatic N) is 2. The summed E-state index contributed by atoms with van der Waals surface area (Å²) in [4.78, 5) is 16.8. The first-order valence-corrected chi connectivity index (χ1v) is 9.86. The third-order valence-electron chi connectivity index (χ3n) is 4.43. The lowest BCUT2D eigenvalue weighted by atomic mass is 9.95. The summed E-state index contributed by atoms with van der Waals surface area (Å²) < 4.78 is 6.78. The maximum atomic E-state index is 12.3. The van der Waals surface area contributed by atoms with Gasteiger partial charge in [-0.3, -0.25) is 9.78 Å². The summed E-state index contributed by atoms with van der Waals surface area (Å²) in [5, 5.41) is 12.3. The Labute approximate surface area is 179 Å². The van der Waals surface area contributed by atoms with Gasteiger partial charge in [0, 0.05) is 39.6 Å². The summed E-state index contributed by atoms with van der Waals surface area (Å²) in [6.45, 7) is 7.27. The second-order valence-electron chi connectivity index (χ2n) is 7.81. The summed E-state index contributed by atoms with van der Waals surface area (Å²) in [7, 11) is 0. The maximum absolute atomic E-state index is 12.3. The van der Waals surface area contributed by atoms with E-state index in [1.807, 2.05) is 6.92 Å². The van der Waals surface area contributed by atoms with Gasteiger partial charge in [0.2, 0.25) is 5.88 Å². The fraction of sp³-hybridized carbons (Fsp3) is 0.333. The molecule has 0 aliphatic rings. The Kier molecular flexibility index (Phi) is 5.81. The highest BCUT2D eigenvalue weighted by Crippen LogP contribution is 2.42. The number of aromatic nitrogens is 2. The van der Waals surface area contributed by atoms with Crippen LogP contribution >= 0.6 is 23.2 Å². The lowest BCUT2D eigenvalue weighted by Gasteiger charge is -2.19. The molecule has 0 radical (unpaired) electrons. The van der Waals surface area contributed by atoms with Crippen molar-refractivity contribution < 1.29 is 14.6 Å². The lowest BCUT2D eigenvalue weighted by molar-refractivity contribution is -0.155. The monoisotopic (exact) mass is 435 g/mol. The molecule has 29 heavy (non-hydrogen) atoms. The van der Waals surface area contributed by atoms with E-state index in [-0.39, 0.29) is 19.0 Å². The molecule has 0 saturated carbocycles. The second-order valence-corrected chi connectivity index (χ2v) is 8.65. The number of hydrogen-bond donors (Lipinski definition) is 2. The Hall–Kier alpha value is -2.28. The topological polar surface area (TPSA) is 90.4 Å². The van der Waals surface area contributed by atoms with Crippen molar-refractivity contribution in [2.24, 2.45) is 5.73 Å². The van der Waals surface area contributed by atoms with Gasteiger partial charge in [-0.25, -0.2) is 0 Å². The van der Waals surface area contributed by atoms with Crippen molar-refractivity contribution in [2.75, 3.05) is 0 Å². The molecule has 0 aliphatic heterocycles. The van der Waals surface area contributed by atoms with Crippen LogP contribution in [0.1, 0.15) is 32.0 Å². The molecule has 0 aliphatic carbocycles. The predicted molar refractivity (Wildman–Crippen MR) is 115 cm³/mol. The van der Waals surface area contributed by atoms with Crippen LogP contribution in [0, 0.1) is 6.92 Å². The predicted octanol–water partition coefficient (Wildman–Crippen LogP) is 4.82. The van der Waals surface area contributed by atoms with Crippen LogP contribution in [-0.4, -0.2) is 26.2 Å². The van der Waals surface area contributed by atoms with Gasteiger partial charge in [-0.05, 0) is 45.4 Å². The van der Waals surface area contributed by atoms with E-state index in [2.05, 4.69) is 4.98 Å². The van der Waals surface area contributed by atoms with Crippen LogP contribution in [0.25, 0.3) is 22.0 Å². The van der Waals surface area contributed by atoms with Crippen molar-refractivity contribution in [1.29, 1.82) is 0 Å². The van der Waals surface area contributed by atoms with E-state index in [0.717, 1.165) is 11.3 Å². The fourth-order valence-electron chi connectivity index (χ4n) is 3.31. The number of esters is 1. The zero-order valence-electron chi connectivity index (χ0n) is 16.7. The molecule has 1 aromatic carbocycles. The fourth-order valence-corrected chi connectivity index (χ4v) is 3.81. The average molecular weight is 436 g/mol. The first-order chi connectivity index (χ1) is 13.5. The van der Waals surface area contributed by atoms with Crippen molar-refractivity contribution in [3.63, 3.8) is 0 Å². The number of aryl methyl sites for hydroxylation is 1. The van der Waals surface area contributed by atoms with E-state index < -0.39 is 11.6 Å². The van der Waals surface area contributed by atoms with Crippen LogP contribution in [0.4, 0.5) is 0 Å². The van der Waals surface area contributed by atoms with Gasteiger partial charge in [0.25, 0.3) is 0 Å². The van der Waals surface area contributed by atoms with Gasteiger partial charge in [-0.1, -0.05) is 29.3 Å². The van der Waals surface area contributed by atoms with Crippen molar-refractivity contribution in [3.8, 4) is 17.0 Å². The van der Waals surface area contributed by atoms with Gasteiger partial charge >= 0.3 is 5.97 Å². The van der Waals surface area contributed by atoms with Crippen molar-refractivity contribution in [3.05, 3.63) is 45.7 Å². The number of rotatable bonds is 4. The zero-order chi connectivity index (χ0) is 21.5. The standard InChI is InChI=1S/C21H23Cl2N3O3/c1-11-14(8-24)18(13-6-5-12(22)7-15(13)23)19-16(25-11)9-26(20(19)28)10-17(27)29-21(2,3)4/h5-7,9,28H,8,10,24H2,1-4H3. The van der Waals surface area contributed by atoms with E-state index in [9.17, 15) is 9.90 Å². The normalized spacial score (nSPS) is 11.8. The van der Waals surface area contributed by atoms with E-state index in [1.165, 1.54) is 4.57 Å². The molecule has 2 aromatic heterocycles. The lowest BCUT2D eigenvalue weighted by Crippen LogP contribution is -2.26. The third kappa shape index (κ3) is 4.34. The molecule has 8 heteroatoms. The third-order valence-corrected chi connectivity index (χ3v) is 4.98. The van der Waals surface area contributed by atoms with Crippen molar-refractivity contribution >= 4 is 40.1 Å². The molecular formula is C21H23Cl2N3O3. The Morgan fingerprint density at radius 3 is 2.59 bits per heavy atom. The minimum Gasteiger partial charge on any atom is -0.494 e. The number of ether oxygens (including phenoxy) is 1. The van der Waals surface area contributed by atoms with Crippen LogP contribution in [0.5, 0.6) is 5.88 Å². The molecule has 2 heterocycles. The number of aromatic hydroxyl groups is 1. The number of halogens is 2. The van der Waals surface area contributed by atoms with Gasteiger partial charge in [-0.15, -0.1) is 0 Å². The first-order valence-electron chi connectivity index (χ1n) is 9.10. The van der Waals surface area contributed by atoms with Gasteiger partial charge in [-0.2, -0.15) is 0 Å². The molecule has 0 atom stereocenters. The number of benzene rings is 1. The SMILES string of the molecule is Cc1nc2cn(CC(=O)OC(C)(C)C)c(O)c2c(-c2ccc(Cl)cc2Cl)c1CN. The largest absolute Gasteiger partial charge is 0.494 e. The summed E-state index contributed by atoms with van der Waals surface area (Å²) in [6, 6.07) is 5.14. The molecule has 0 spiro atoms. The van der Waals surface area contributed by atoms with Gasteiger partial charge in [0.15, 0.2) is 0 Å². The van der Waals surface area contributed by atoms with Gasteiger partial charge in [0.1, 0.15) is 12.1 Å². The van der Waals surface area contributed by atoms with Gasteiger partial charge in [0.05, 0.1) is 10.9 Å². The maximum Gasteiger partial charge on any atom is 0.326 e. The van der Waals surface area contributed by atoms with Crippen LogP contribution in [0.3, 0.4) is 0 Å². The van der Waals surface area contributed by atoms with E-state index in [1.54, 1.807) is 45.2 Å². The molecule has 3 aromatic rings. The summed E-state index contributed by atoms with van der Waals surface area (Å²) >= 11 is 12.5. The first kappa shape index (κ1) is 21.4. The Balaban J connectivity index is 2.22. The molecule has 3 N–H and O–H groups in total. The van der Waals surface area contributed by atoms with Crippen LogP contribution in [0.2, 0.25) is 10.0 Å². The Bertz CT molecular complexity index is 1100. The van der Waals surface area contributed by atoms with Crippen LogP contribution in [0.15, 0.2) is 24.4 Å².